The molecule has 0 radical (unpaired) electrons. The molecule has 0 saturated heterocycles. The summed E-state index contributed by atoms with van der Waals surface area (Å²) in [5.41, 5.74) is 0. The Kier molecular flexibility index (Phi) is 15.1. The Balaban J connectivity index is -0.000000180. The third-order valence-corrected chi connectivity index (χ3v) is 0.289. The minimum absolute atomic E-state index is 0. The van der Waals surface area contributed by atoms with E-state index >= 15 is 0 Å². The van der Waals surface area contributed by atoms with Gasteiger partial charge >= 0.3 is 45.5 Å². The van der Waals surface area contributed by atoms with E-state index in [0.717, 1.165) is 0 Å². The Bertz CT molecular complexity index is 88.4. The standard InChI is InChI=1S/C3H4O4.H2O.Sr/c4-2(5)1-3(6)7;;/h1H2,(H,4,5)(H,6,7);1H2;/q;;+2/p-2. The van der Waals surface area contributed by atoms with Crippen molar-refractivity contribution in [2.45, 2.75) is 6.42 Å². The van der Waals surface area contributed by atoms with Crippen LogP contribution in [-0.4, -0.2) is 62.9 Å². The maximum Gasteiger partial charge on any atom is 2.00 e. The molecule has 0 fully saturated rings. The normalized spacial score (nSPS) is 6.22. The molecule has 5 nitrogen and oxygen atoms in total. The third kappa shape index (κ3) is 17.8. The van der Waals surface area contributed by atoms with E-state index in [2.05, 4.69) is 0 Å². The molecule has 0 aliphatic rings. The second-order valence-corrected chi connectivity index (χ2v) is 0.921. The van der Waals surface area contributed by atoms with Crippen molar-refractivity contribution in [3.63, 3.8) is 0 Å². The molecular weight excluding hydrogens is 204 g/mol. The zero-order valence-corrected chi connectivity index (χ0v) is 8.02. The molecule has 0 atom stereocenters. The molecule has 0 aliphatic heterocycles. The van der Waals surface area contributed by atoms with E-state index in [1.807, 2.05) is 0 Å². The summed E-state index contributed by atoms with van der Waals surface area (Å²) in [5, 5.41) is 18.6. The van der Waals surface area contributed by atoms with Crippen molar-refractivity contribution in [2.75, 3.05) is 0 Å². The largest absolute Gasteiger partial charge is 2.00 e. The van der Waals surface area contributed by atoms with Crippen LogP contribution in [0.2, 0.25) is 0 Å². The van der Waals surface area contributed by atoms with Crippen LogP contribution in [0.3, 0.4) is 0 Å². The van der Waals surface area contributed by atoms with Crippen molar-refractivity contribution in [2.24, 2.45) is 0 Å². The molecule has 0 aromatic rings. The predicted octanol–water partition coefficient (Wildman–Crippen LogP) is -4.33. The monoisotopic (exact) mass is 208 g/mol. The quantitative estimate of drug-likeness (QED) is 0.337. The zero-order valence-electron chi connectivity index (χ0n) is 4.55. The summed E-state index contributed by atoms with van der Waals surface area (Å²) < 4.78 is 0. The molecule has 0 aromatic heterocycles. The van der Waals surface area contributed by atoms with Crippen LogP contribution in [0.15, 0.2) is 0 Å². The fraction of sp³-hybridized carbons (Fsp3) is 0.333. The molecule has 9 heavy (non-hydrogen) atoms. The number of aliphatic carboxylic acids is 2. The van der Waals surface area contributed by atoms with Crippen LogP contribution in [0.25, 0.3) is 0 Å². The maximum absolute atomic E-state index is 9.28. The van der Waals surface area contributed by atoms with E-state index < -0.39 is 18.4 Å². The number of carboxylic acids is 2. The summed E-state index contributed by atoms with van der Waals surface area (Å²) >= 11 is 0. The minimum Gasteiger partial charge on any atom is -0.550 e. The summed E-state index contributed by atoms with van der Waals surface area (Å²) in [6.45, 7) is 0. The van der Waals surface area contributed by atoms with Gasteiger partial charge in [0.15, 0.2) is 0 Å². The van der Waals surface area contributed by atoms with Crippen molar-refractivity contribution in [3.05, 3.63) is 0 Å². The number of carboxylic acid groups (broad SMARTS) is 2. The Morgan fingerprint density at radius 2 is 1.33 bits per heavy atom. The summed E-state index contributed by atoms with van der Waals surface area (Å²) in [5.74, 6) is -3.25. The average molecular weight is 208 g/mol. The number of carbonyl (C=O) groups is 2. The van der Waals surface area contributed by atoms with Gasteiger partial charge in [-0.3, -0.25) is 0 Å². The second kappa shape index (κ2) is 8.38. The van der Waals surface area contributed by atoms with E-state index in [1.165, 1.54) is 0 Å². The molecule has 0 unspecified atom stereocenters. The predicted molar refractivity (Wildman–Crippen MR) is 24.0 cm³/mol. The second-order valence-electron chi connectivity index (χ2n) is 0.921. The first-order chi connectivity index (χ1) is 3.13. The van der Waals surface area contributed by atoms with Crippen molar-refractivity contribution >= 4 is 57.4 Å². The van der Waals surface area contributed by atoms with Crippen LogP contribution in [0.1, 0.15) is 6.42 Å². The number of carbonyl (C=O) groups excluding carboxylic acids is 2. The van der Waals surface area contributed by atoms with Gasteiger partial charge in [-0.05, 0) is 0 Å². The van der Waals surface area contributed by atoms with E-state index in [4.69, 9.17) is 0 Å². The van der Waals surface area contributed by atoms with Crippen molar-refractivity contribution < 1.29 is 25.3 Å². The smallest absolute Gasteiger partial charge is 0.550 e. The molecular formula is C3H4O5Sr. The van der Waals surface area contributed by atoms with Crippen LogP contribution < -0.4 is 10.2 Å². The molecule has 2 N–H and O–H groups in total. The van der Waals surface area contributed by atoms with Crippen LogP contribution in [0, 0.1) is 0 Å². The van der Waals surface area contributed by atoms with Gasteiger partial charge in [0.1, 0.15) is 0 Å². The van der Waals surface area contributed by atoms with E-state index in [9.17, 15) is 19.8 Å². The Morgan fingerprint density at radius 3 is 1.33 bits per heavy atom. The number of rotatable bonds is 2. The van der Waals surface area contributed by atoms with Crippen LogP contribution in [0.5, 0.6) is 0 Å². The molecule has 6 heteroatoms. The van der Waals surface area contributed by atoms with Crippen molar-refractivity contribution in [1.82, 2.24) is 0 Å². The molecule has 48 valence electrons. The van der Waals surface area contributed by atoms with Gasteiger partial charge < -0.3 is 25.3 Å². The van der Waals surface area contributed by atoms with Crippen molar-refractivity contribution in [1.29, 1.82) is 0 Å². The first-order valence-corrected chi connectivity index (χ1v) is 1.52. The molecule has 0 aliphatic carbocycles. The van der Waals surface area contributed by atoms with Crippen LogP contribution >= 0.6 is 0 Å². The summed E-state index contributed by atoms with van der Waals surface area (Å²) in [6, 6.07) is 0. The molecule has 0 bridgehead atoms. The number of hydrogen-bond acceptors (Lipinski definition) is 4. The molecule has 0 spiro atoms. The number of hydrogen-bond donors (Lipinski definition) is 0. The van der Waals surface area contributed by atoms with Gasteiger partial charge in [-0.2, -0.15) is 0 Å². The Morgan fingerprint density at radius 1 is 1.11 bits per heavy atom. The SMILES string of the molecule is O.O=C([O-])CC(=O)[O-].[Sr+2]. The van der Waals surface area contributed by atoms with Gasteiger partial charge in [-0.1, -0.05) is 0 Å². The first kappa shape index (κ1) is 16.2. The summed E-state index contributed by atoms with van der Waals surface area (Å²) in [7, 11) is 0. The zero-order chi connectivity index (χ0) is 5.86. The van der Waals surface area contributed by atoms with Gasteiger partial charge in [0, 0.05) is 18.4 Å². The Hall–Kier alpha value is 0.381. The van der Waals surface area contributed by atoms with Crippen LogP contribution in [-0.2, 0) is 9.59 Å². The molecule has 0 rings (SSSR count). The van der Waals surface area contributed by atoms with E-state index in [-0.39, 0.29) is 51.0 Å². The maximum atomic E-state index is 9.28. The van der Waals surface area contributed by atoms with Gasteiger partial charge in [-0.15, -0.1) is 0 Å². The van der Waals surface area contributed by atoms with Gasteiger partial charge in [0.25, 0.3) is 0 Å². The van der Waals surface area contributed by atoms with Crippen molar-refractivity contribution in [3.8, 4) is 0 Å². The third-order valence-electron chi connectivity index (χ3n) is 0.289. The average Bonchev–Trinajstić information content (AvgIpc) is 1.27. The fourth-order valence-electron chi connectivity index (χ4n) is 0.118. The first-order valence-electron chi connectivity index (χ1n) is 1.52. The van der Waals surface area contributed by atoms with Gasteiger partial charge in [0.2, 0.25) is 0 Å². The molecule has 0 saturated carbocycles. The molecule has 0 amide bonds. The minimum atomic E-state index is -1.63. The Labute approximate surface area is 88.2 Å². The van der Waals surface area contributed by atoms with Gasteiger partial charge in [-0.25, -0.2) is 0 Å². The fourth-order valence-corrected chi connectivity index (χ4v) is 0.118. The van der Waals surface area contributed by atoms with Crippen LogP contribution in [0.4, 0.5) is 0 Å². The topological polar surface area (TPSA) is 112 Å². The molecule has 0 aromatic carbocycles. The van der Waals surface area contributed by atoms with Gasteiger partial charge in [0.05, 0.1) is 0 Å². The van der Waals surface area contributed by atoms with E-state index in [1.54, 1.807) is 0 Å². The summed E-state index contributed by atoms with van der Waals surface area (Å²) in [6.07, 6.45) is -1.03. The van der Waals surface area contributed by atoms with E-state index in [0.29, 0.717) is 0 Å². The molecule has 0 heterocycles. The summed E-state index contributed by atoms with van der Waals surface area (Å²) in [4.78, 5) is 18.6.